The van der Waals surface area contributed by atoms with Crippen LogP contribution in [0, 0.1) is 5.82 Å². The number of imidazole rings is 1. The summed E-state index contributed by atoms with van der Waals surface area (Å²) in [5.41, 5.74) is 2.93. The molecule has 1 amide bonds. The largest absolute Gasteiger partial charge is 0.348 e. The Morgan fingerprint density at radius 3 is 2.26 bits per heavy atom. The molecule has 3 aromatic carbocycles. The number of carbonyl (C=O) groups excluding carboxylic acids is 2. The van der Waals surface area contributed by atoms with Crippen molar-refractivity contribution in [2.45, 2.75) is 13.1 Å². The van der Waals surface area contributed by atoms with Crippen LogP contribution < -0.4 is 5.32 Å². The lowest BCUT2D eigenvalue weighted by molar-refractivity contribution is 0.0939. The summed E-state index contributed by atoms with van der Waals surface area (Å²) in [7, 11) is 0. The van der Waals surface area contributed by atoms with E-state index in [0.717, 1.165) is 11.1 Å². The molecule has 4 rings (SSSR count). The van der Waals surface area contributed by atoms with Crippen LogP contribution in [0.1, 0.15) is 37.4 Å². The quantitative estimate of drug-likeness (QED) is 0.461. The zero-order valence-corrected chi connectivity index (χ0v) is 16.7. The fourth-order valence-corrected chi connectivity index (χ4v) is 3.37. The lowest BCUT2D eigenvalue weighted by Crippen LogP contribution is -2.25. The average molecular weight is 413 g/mol. The molecule has 0 aliphatic heterocycles. The van der Waals surface area contributed by atoms with Crippen LogP contribution in [0.3, 0.4) is 0 Å². The molecule has 1 heterocycles. The lowest BCUT2D eigenvalue weighted by atomic mass is 9.97. The van der Waals surface area contributed by atoms with Gasteiger partial charge in [-0.2, -0.15) is 0 Å². The van der Waals surface area contributed by atoms with E-state index >= 15 is 0 Å². The van der Waals surface area contributed by atoms with Gasteiger partial charge in [-0.3, -0.25) is 9.59 Å². The van der Waals surface area contributed by atoms with Crippen LogP contribution in [0.5, 0.6) is 0 Å². The number of ketones is 1. The number of benzene rings is 3. The molecular formula is C25H20FN3O2. The molecule has 0 unspecified atom stereocenters. The van der Waals surface area contributed by atoms with Gasteiger partial charge in [-0.15, -0.1) is 0 Å². The monoisotopic (exact) mass is 413 g/mol. The first-order valence-corrected chi connectivity index (χ1v) is 9.82. The number of halogens is 1. The van der Waals surface area contributed by atoms with Gasteiger partial charge in [0.1, 0.15) is 5.82 Å². The molecule has 0 saturated carbocycles. The van der Waals surface area contributed by atoms with Gasteiger partial charge in [-0.25, -0.2) is 9.37 Å². The second kappa shape index (κ2) is 9.17. The van der Waals surface area contributed by atoms with E-state index < -0.39 is 5.82 Å². The Morgan fingerprint density at radius 2 is 1.55 bits per heavy atom. The summed E-state index contributed by atoms with van der Waals surface area (Å²) < 4.78 is 15.1. The summed E-state index contributed by atoms with van der Waals surface area (Å²) in [6.07, 6.45) is 5.35. The molecule has 1 N–H and O–H groups in total. The van der Waals surface area contributed by atoms with Gasteiger partial charge in [0.2, 0.25) is 0 Å². The zero-order chi connectivity index (χ0) is 21.6. The van der Waals surface area contributed by atoms with Crippen molar-refractivity contribution >= 4 is 11.7 Å². The Balaban J connectivity index is 1.52. The minimum atomic E-state index is -0.420. The number of hydrogen-bond donors (Lipinski definition) is 1. The molecule has 6 heteroatoms. The Morgan fingerprint density at radius 1 is 0.871 bits per heavy atom. The number of nitrogens with zero attached hydrogens (tertiary/aromatic N) is 2. The minimum Gasteiger partial charge on any atom is -0.348 e. The van der Waals surface area contributed by atoms with Crippen molar-refractivity contribution in [1.82, 2.24) is 14.9 Å². The van der Waals surface area contributed by atoms with Gasteiger partial charge in [0.05, 0.1) is 11.9 Å². The van der Waals surface area contributed by atoms with Crippen LogP contribution in [-0.2, 0) is 13.1 Å². The van der Waals surface area contributed by atoms with Gasteiger partial charge < -0.3 is 9.88 Å². The predicted octanol–water partition coefficient (Wildman–Crippen LogP) is 4.23. The highest BCUT2D eigenvalue weighted by molar-refractivity contribution is 6.15. The maximum atomic E-state index is 13.2. The first kappa shape index (κ1) is 20.2. The third-order valence-electron chi connectivity index (χ3n) is 4.99. The van der Waals surface area contributed by atoms with Crippen molar-refractivity contribution < 1.29 is 14.0 Å². The fourth-order valence-electron chi connectivity index (χ4n) is 3.37. The van der Waals surface area contributed by atoms with E-state index in [1.165, 1.54) is 24.3 Å². The summed E-state index contributed by atoms with van der Waals surface area (Å²) in [4.78, 5) is 29.9. The maximum Gasteiger partial charge on any atom is 0.252 e. The second-order valence-electron chi connectivity index (χ2n) is 7.07. The first-order chi connectivity index (χ1) is 15.1. The van der Waals surface area contributed by atoms with Crippen LogP contribution in [0.15, 0.2) is 91.5 Å². The number of nitrogens with one attached hydrogen (secondary N) is 1. The molecule has 0 radical (unpaired) electrons. The fraction of sp³-hybridized carbons (Fsp3) is 0.0800. The highest BCUT2D eigenvalue weighted by Crippen LogP contribution is 2.16. The molecule has 0 bridgehead atoms. The molecular weight excluding hydrogens is 393 g/mol. The van der Waals surface area contributed by atoms with E-state index in [0.29, 0.717) is 18.7 Å². The van der Waals surface area contributed by atoms with E-state index in [-0.39, 0.29) is 22.8 Å². The van der Waals surface area contributed by atoms with E-state index in [2.05, 4.69) is 10.3 Å². The average Bonchev–Trinajstić information content (AvgIpc) is 3.31. The summed E-state index contributed by atoms with van der Waals surface area (Å²) >= 11 is 0. The molecule has 4 aromatic rings. The lowest BCUT2D eigenvalue weighted by Gasteiger charge is -2.13. The van der Waals surface area contributed by atoms with Gasteiger partial charge in [-0.05, 0) is 41.5 Å². The van der Waals surface area contributed by atoms with Crippen LogP contribution in [0.4, 0.5) is 4.39 Å². The third kappa shape index (κ3) is 4.75. The van der Waals surface area contributed by atoms with E-state index in [1.807, 2.05) is 35.0 Å². The normalized spacial score (nSPS) is 10.6. The molecule has 0 aliphatic rings. The highest BCUT2D eigenvalue weighted by atomic mass is 19.1. The summed E-state index contributed by atoms with van der Waals surface area (Å²) in [5.74, 6) is -1.09. The molecule has 1 aromatic heterocycles. The molecule has 0 aliphatic carbocycles. The molecule has 5 nitrogen and oxygen atoms in total. The van der Waals surface area contributed by atoms with Crippen LogP contribution in [-0.4, -0.2) is 21.2 Å². The van der Waals surface area contributed by atoms with Crippen molar-refractivity contribution in [3.63, 3.8) is 0 Å². The number of amides is 1. The smallest absolute Gasteiger partial charge is 0.252 e. The molecule has 0 saturated heterocycles. The molecule has 0 fully saturated rings. The highest BCUT2D eigenvalue weighted by Gasteiger charge is 2.18. The molecule has 154 valence electrons. The van der Waals surface area contributed by atoms with Crippen molar-refractivity contribution in [3.05, 3.63) is 125 Å². The van der Waals surface area contributed by atoms with Gasteiger partial charge in [-0.1, -0.05) is 42.5 Å². The Hall–Kier alpha value is -4.06. The third-order valence-corrected chi connectivity index (χ3v) is 4.99. The Kier molecular flexibility index (Phi) is 5.98. The van der Waals surface area contributed by atoms with Crippen LogP contribution in [0.2, 0.25) is 0 Å². The van der Waals surface area contributed by atoms with Crippen LogP contribution >= 0.6 is 0 Å². The van der Waals surface area contributed by atoms with E-state index in [9.17, 15) is 14.0 Å². The SMILES string of the molecule is O=C(NCc1ccccc1Cn1ccnc1)c1ccccc1C(=O)c1ccc(F)cc1. The summed E-state index contributed by atoms with van der Waals surface area (Å²) in [6, 6.07) is 19.8. The standard InChI is InChI=1S/C25H20FN3O2/c26-21-11-9-18(10-12-21)24(30)22-7-3-4-8-23(22)25(31)28-15-19-5-1-2-6-20(19)16-29-14-13-27-17-29/h1-14,17H,15-16H2,(H,28,31). The maximum absolute atomic E-state index is 13.2. The predicted molar refractivity (Wildman–Crippen MR) is 115 cm³/mol. The Labute approximate surface area is 179 Å². The number of carbonyl (C=O) groups is 2. The molecule has 0 spiro atoms. The number of aromatic nitrogens is 2. The first-order valence-electron chi connectivity index (χ1n) is 9.82. The second-order valence-corrected chi connectivity index (χ2v) is 7.07. The summed E-state index contributed by atoms with van der Waals surface area (Å²) in [5, 5.41) is 2.92. The van der Waals surface area contributed by atoms with Crippen molar-refractivity contribution in [2.75, 3.05) is 0 Å². The topological polar surface area (TPSA) is 64.0 Å². The van der Waals surface area contributed by atoms with Gasteiger partial charge in [0, 0.05) is 36.6 Å². The van der Waals surface area contributed by atoms with Crippen molar-refractivity contribution in [1.29, 1.82) is 0 Å². The Bertz CT molecular complexity index is 1200. The molecule has 31 heavy (non-hydrogen) atoms. The molecule has 0 atom stereocenters. The minimum absolute atomic E-state index is 0.276. The van der Waals surface area contributed by atoms with Crippen molar-refractivity contribution in [3.8, 4) is 0 Å². The van der Waals surface area contributed by atoms with E-state index in [4.69, 9.17) is 0 Å². The van der Waals surface area contributed by atoms with E-state index in [1.54, 1.807) is 36.8 Å². The van der Waals surface area contributed by atoms with Crippen LogP contribution in [0.25, 0.3) is 0 Å². The van der Waals surface area contributed by atoms with Gasteiger partial charge >= 0.3 is 0 Å². The van der Waals surface area contributed by atoms with Gasteiger partial charge in [0.15, 0.2) is 5.78 Å². The zero-order valence-electron chi connectivity index (χ0n) is 16.7. The van der Waals surface area contributed by atoms with Gasteiger partial charge in [0.25, 0.3) is 5.91 Å². The summed E-state index contributed by atoms with van der Waals surface area (Å²) in [6.45, 7) is 0.967. The number of rotatable bonds is 7. The number of hydrogen-bond acceptors (Lipinski definition) is 3. The van der Waals surface area contributed by atoms with Crippen molar-refractivity contribution in [2.24, 2.45) is 0 Å².